The van der Waals surface area contributed by atoms with Gasteiger partial charge in [0.15, 0.2) is 4.77 Å². The smallest absolute Gasteiger partial charge is 0.256 e. The Hall–Kier alpha value is -1.23. The number of hydrogen-bond acceptors (Lipinski definition) is 1. The molecule has 0 unspecified atom stereocenters. The van der Waals surface area contributed by atoms with E-state index in [0.29, 0.717) is 4.77 Å². The summed E-state index contributed by atoms with van der Waals surface area (Å²) in [5.41, 5.74) is 2.56. The lowest BCUT2D eigenvalue weighted by Crippen LogP contribution is -2.06. The van der Waals surface area contributed by atoms with E-state index in [1.165, 1.54) is 4.57 Å². The van der Waals surface area contributed by atoms with Crippen LogP contribution in [0.5, 0.6) is 0 Å². The van der Waals surface area contributed by atoms with Gasteiger partial charge in [0.2, 0.25) is 0 Å². The Kier molecular flexibility index (Phi) is 2.56. The first kappa shape index (κ1) is 10.3. The Bertz CT molecular complexity index is 542. The van der Waals surface area contributed by atoms with Gasteiger partial charge in [-0.1, -0.05) is 6.07 Å². The minimum atomic E-state index is -2.39. The largest absolute Gasteiger partial charge is 0.331 e. The second-order valence-corrected chi connectivity index (χ2v) is 3.84. The molecule has 0 aliphatic carbocycles. The van der Waals surface area contributed by atoms with Gasteiger partial charge in [0.05, 0.1) is 17.6 Å². The first-order valence-corrected chi connectivity index (χ1v) is 4.96. The van der Waals surface area contributed by atoms with Gasteiger partial charge in [0, 0.05) is 0 Å². The average Bonchev–Trinajstić information content (AvgIpc) is 2.43. The lowest BCUT2D eigenvalue weighted by Gasteiger charge is -2.03. The predicted molar refractivity (Wildman–Crippen MR) is 57.9 cm³/mol. The zero-order valence-electron chi connectivity index (χ0n) is 8.13. The fraction of sp³-hybridized carbons (Fsp3) is 0.300. The maximum atomic E-state index is 12.3. The monoisotopic (exact) mass is 228 g/mol. The number of fused-ring (bicyclic) bond motifs is 1. The summed E-state index contributed by atoms with van der Waals surface area (Å²) in [6.45, 7) is 1.56. The molecule has 5 heteroatoms. The predicted octanol–water partition coefficient (Wildman–Crippen LogP) is 3.27. The quantitative estimate of drug-likeness (QED) is 0.782. The van der Waals surface area contributed by atoms with Crippen molar-refractivity contribution in [1.82, 2.24) is 9.55 Å². The lowest BCUT2D eigenvalue weighted by molar-refractivity contribution is 0.127. The number of nitrogens with zero attached hydrogens (tertiary/aromatic N) is 1. The SMILES string of the molecule is Cc1ccc2[nH]c(=S)n(CC(F)F)c2c1. The standard InChI is InChI=1S/C10H10F2N2S/c1-6-2-3-7-8(4-6)14(5-9(11)12)10(15)13-7/h2-4,9H,5H2,1H3,(H,13,15). The average molecular weight is 228 g/mol. The Morgan fingerprint density at radius 3 is 2.87 bits per heavy atom. The lowest BCUT2D eigenvalue weighted by atomic mass is 10.2. The number of hydrogen-bond donors (Lipinski definition) is 1. The van der Waals surface area contributed by atoms with E-state index in [9.17, 15) is 8.78 Å². The number of aromatic amines is 1. The summed E-state index contributed by atoms with van der Waals surface area (Å²) in [6.07, 6.45) is -2.39. The van der Waals surface area contributed by atoms with Crippen molar-refractivity contribution >= 4 is 23.3 Å². The summed E-state index contributed by atoms with van der Waals surface area (Å²) < 4.78 is 26.4. The first-order chi connectivity index (χ1) is 7.08. The van der Waals surface area contributed by atoms with Gasteiger partial charge in [-0.2, -0.15) is 0 Å². The number of alkyl halides is 2. The molecular formula is C10H10F2N2S. The second kappa shape index (κ2) is 3.73. The molecule has 1 N–H and O–H groups in total. The zero-order chi connectivity index (χ0) is 11.0. The molecule has 1 heterocycles. The molecular weight excluding hydrogens is 218 g/mol. The molecule has 1 aromatic heterocycles. The highest BCUT2D eigenvalue weighted by Crippen LogP contribution is 2.17. The topological polar surface area (TPSA) is 20.7 Å². The van der Waals surface area contributed by atoms with Crippen LogP contribution in [0.15, 0.2) is 18.2 Å². The molecule has 2 rings (SSSR count). The Morgan fingerprint density at radius 1 is 1.47 bits per heavy atom. The van der Waals surface area contributed by atoms with Crippen LogP contribution < -0.4 is 0 Å². The first-order valence-electron chi connectivity index (χ1n) is 4.55. The Balaban J connectivity index is 2.65. The van der Waals surface area contributed by atoms with Gasteiger partial charge in [0.25, 0.3) is 6.43 Å². The van der Waals surface area contributed by atoms with Gasteiger partial charge in [-0.25, -0.2) is 8.78 Å². The van der Waals surface area contributed by atoms with Crippen LogP contribution in [0.4, 0.5) is 8.78 Å². The molecule has 0 saturated heterocycles. The van der Waals surface area contributed by atoms with E-state index in [0.717, 1.165) is 16.6 Å². The highest BCUT2D eigenvalue weighted by Gasteiger charge is 2.09. The van der Waals surface area contributed by atoms with E-state index in [2.05, 4.69) is 4.98 Å². The van der Waals surface area contributed by atoms with E-state index < -0.39 is 6.43 Å². The molecule has 0 saturated carbocycles. The fourth-order valence-corrected chi connectivity index (χ4v) is 1.86. The zero-order valence-corrected chi connectivity index (χ0v) is 8.94. The molecule has 0 bridgehead atoms. The number of H-pyrrole nitrogens is 1. The molecule has 1 aromatic carbocycles. The van der Waals surface area contributed by atoms with E-state index in [-0.39, 0.29) is 6.54 Å². The normalized spacial score (nSPS) is 11.5. The summed E-state index contributed by atoms with van der Waals surface area (Å²) in [4.78, 5) is 2.90. The van der Waals surface area contributed by atoms with E-state index in [4.69, 9.17) is 12.2 Å². The summed E-state index contributed by atoms with van der Waals surface area (Å²) >= 11 is 4.99. The number of aromatic nitrogens is 2. The molecule has 15 heavy (non-hydrogen) atoms. The molecule has 0 radical (unpaired) electrons. The van der Waals surface area contributed by atoms with Crippen molar-refractivity contribution in [2.24, 2.45) is 0 Å². The van der Waals surface area contributed by atoms with Crippen LogP contribution in [0, 0.1) is 11.7 Å². The number of halogens is 2. The van der Waals surface area contributed by atoms with Crippen molar-refractivity contribution in [3.05, 3.63) is 28.5 Å². The molecule has 80 valence electrons. The van der Waals surface area contributed by atoms with Crippen LogP contribution >= 0.6 is 12.2 Å². The van der Waals surface area contributed by atoms with Crippen LogP contribution in [-0.4, -0.2) is 16.0 Å². The van der Waals surface area contributed by atoms with Crippen molar-refractivity contribution in [2.75, 3.05) is 0 Å². The maximum Gasteiger partial charge on any atom is 0.256 e. The highest BCUT2D eigenvalue weighted by atomic mass is 32.1. The van der Waals surface area contributed by atoms with Gasteiger partial charge < -0.3 is 9.55 Å². The molecule has 2 nitrogen and oxygen atoms in total. The molecule has 2 aromatic rings. The number of aryl methyl sites for hydroxylation is 1. The summed E-state index contributed by atoms with van der Waals surface area (Å²) in [5.74, 6) is 0. The molecule has 0 spiro atoms. The second-order valence-electron chi connectivity index (χ2n) is 3.45. The van der Waals surface area contributed by atoms with Gasteiger partial charge in [0.1, 0.15) is 0 Å². The number of rotatable bonds is 2. The molecule has 0 aliphatic rings. The Morgan fingerprint density at radius 2 is 2.20 bits per heavy atom. The highest BCUT2D eigenvalue weighted by molar-refractivity contribution is 7.71. The van der Waals surface area contributed by atoms with Crippen LogP contribution in [0.1, 0.15) is 5.56 Å². The van der Waals surface area contributed by atoms with Crippen molar-refractivity contribution < 1.29 is 8.78 Å². The molecule has 0 atom stereocenters. The summed E-state index contributed by atoms with van der Waals surface area (Å²) in [5, 5.41) is 0. The minimum absolute atomic E-state index is 0.343. The van der Waals surface area contributed by atoms with Crippen molar-refractivity contribution in [2.45, 2.75) is 19.9 Å². The summed E-state index contributed by atoms with van der Waals surface area (Å²) in [7, 11) is 0. The third kappa shape index (κ3) is 1.92. The van der Waals surface area contributed by atoms with E-state index >= 15 is 0 Å². The maximum absolute atomic E-state index is 12.3. The number of imidazole rings is 1. The fourth-order valence-electron chi connectivity index (χ4n) is 1.58. The Labute approximate surface area is 90.5 Å². The van der Waals surface area contributed by atoms with E-state index in [1.54, 1.807) is 0 Å². The molecule has 0 aliphatic heterocycles. The third-order valence-electron chi connectivity index (χ3n) is 2.25. The summed E-state index contributed by atoms with van der Waals surface area (Å²) in [6, 6.07) is 5.62. The van der Waals surface area contributed by atoms with Crippen LogP contribution in [0.25, 0.3) is 11.0 Å². The number of benzene rings is 1. The molecule has 0 amide bonds. The van der Waals surface area contributed by atoms with Crippen molar-refractivity contribution in [3.8, 4) is 0 Å². The van der Waals surface area contributed by atoms with Crippen molar-refractivity contribution in [1.29, 1.82) is 0 Å². The number of nitrogens with one attached hydrogen (secondary N) is 1. The van der Waals surface area contributed by atoms with Gasteiger partial charge in [-0.3, -0.25) is 0 Å². The minimum Gasteiger partial charge on any atom is -0.331 e. The van der Waals surface area contributed by atoms with Gasteiger partial charge in [-0.15, -0.1) is 0 Å². The molecule has 0 fully saturated rings. The van der Waals surface area contributed by atoms with E-state index in [1.807, 2.05) is 25.1 Å². The van der Waals surface area contributed by atoms with Gasteiger partial charge in [-0.05, 0) is 36.8 Å². The van der Waals surface area contributed by atoms with Gasteiger partial charge >= 0.3 is 0 Å². The van der Waals surface area contributed by atoms with Crippen molar-refractivity contribution in [3.63, 3.8) is 0 Å². The third-order valence-corrected chi connectivity index (χ3v) is 2.57. The van der Waals surface area contributed by atoms with Crippen LogP contribution in [-0.2, 0) is 6.54 Å². The van der Waals surface area contributed by atoms with Crippen LogP contribution in [0.3, 0.4) is 0 Å². The van der Waals surface area contributed by atoms with Crippen LogP contribution in [0.2, 0.25) is 0 Å².